The van der Waals surface area contributed by atoms with Gasteiger partial charge in [0.25, 0.3) is 0 Å². The Bertz CT molecular complexity index is 879. The lowest BCUT2D eigenvalue weighted by Gasteiger charge is -2.07. The highest BCUT2D eigenvalue weighted by Gasteiger charge is 2.30. The maximum atomic E-state index is 6.33. The molecule has 0 N–H and O–H groups in total. The van der Waals surface area contributed by atoms with E-state index in [0.29, 0.717) is 12.5 Å². The molecule has 25 heavy (non-hydrogen) atoms. The molecule has 2 aromatic heterocycles. The zero-order chi connectivity index (χ0) is 17.4. The summed E-state index contributed by atoms with van der Waals surface area (Å²) in [6.07, 6.45) is 2.33. The van der Waals surface area contributed by atoms with Crippen LogP contribution in [0.2, 0.25) is 5.02 Å². The Labute approximate surface area is 152 Å². The van der Waals surface area contributed by atoms with Gasteiger partial charge in [-0.2, -0.15) is 5.10 Å². The molecule has 2 heterocycles. The maximum Gasteiger partial charge on any atom is 0.194 e. The van der Waals surface area contributed by atoms with Crippen molar-refractivity contribution >= 4 is 11.6 Å². The van der Waals surface area contributed by atoms with Gasteiger partial charge in [-0.1, -0.05) is 29.8 Å². The van der Waals surface area contributed by atoms with Crippen molar-refractivity contribution in [1.82, 2.24) is 19.7 Å². The molecule has 1 aliphatic carbocycles. The van der Waals surface area contributed by atoms with Gasteiger partial charge in [-0.05, 0) is 50.7 Å². The number of halogens is 1. The highest BCUT2D eigenvalue weighted by Crippen LogP contribution is 2.39. The van der Waals surface area contributed by atoms with Crippen LogP contribution in [-0.4, -0.2) is 33.8 Å². The van der Waals surface area contributed by atoms with Crippen molar-refractivity contribution in [3.8, 4) is 11.6 Å². The van der Waals surface area contributed by atoms with Gasteiger partial charge in [-0.15, -0.1) is 0 Å². The van der Waals surface area contributed by atoms with Crippen LogP contribution in [0.3, 0.4) is 0 Å². The summed E-state index contributed by atoms with van der Waals surface area (Å²) in [4.78, 5) is 6.84. The fourth-order valence-electron chi connectivity index (χ4n) is 2.85. The Hall–Kier alpha value is -2.11. The van der Waals surface area contributed by atoms with Crippen LogP contribution < -0.4 is 0 Å². The van der Waals surface area contributed by atoms with Crippen LogP contribution in [0, 0.1) is 0 Å². The van der Waals surface area contributed by atoms with Crippen molar-refractivity contribution in [3.05, 3.63) is 58.6 Å². The van der Waals surface area contributed by atoms with Gasteiger partial charge in [0.15, 0.2) is 17.4 Å². The van der Waals surface area contributed by atoms with Crippen LogP contribution in [0.25, 0.3) is 11.6 Å². The van der Waals surface area contributed by atoms with E-state index in [1.54, 1.807) is 0 Å². The number of aromatic nitrogens is 3. The molecule has 0 radical (unpaired) electrons. The summed E-state index contributed by atoms with van der Waals surface area (Å²) < 4.78 is 7.91. The highest BCUT2D eigenvalue weighted by molar-refractivity contribution is 6.31. The first-order chi connectivity index (χ1) is 12.1. The first kappa shape index (κ1) is 16.4. The topological polar surface area (TPSA) is 47.1 Å². The average Bonchev–Trinajstić information content (AvgIpc) is 3.19. The van der Waals surface area contributed by atoms with Crippen molar-refractivity contribution in [1.29, 1.82) is 0 Å². The summed E-state index contributed by atoms with van der Waals surface area (Å²) >= 11 is 6.33. The Kier molecular flexibility index (Phi) is 4.36. The van der Waals surface area contributed by atoms with Gasteiger partial charge < -0.3 is 9.32 Å². The van der Waals surface area contributed by atoms with Gasteiger partial charge >= 0.3 is 0 Å². The molecule has 5 nitrogen and oxygen atoms in total. The van der Waals surface area contributed by atoms with E-state index in [1.807, 2.05) is 55.2 Å². The van der Waals surface area contributed by atoms with E-state index < -0.39 is 0 Å². The molecular weight excluding hydrogens is 336 g/mol. The third-order valence-corrected chi connectivity index (χ3v) is 4.63. The SMILES string of the molecule is CN(C)Cc1ccc(-c2nc(C3CC3)nn2Cc2ccccc2Cl)o1. The number of hydrogen-bond acceptors (Lipinski definition) is 4. The van der Waals surface area contributed by atoms with Gasteiger partial charge in [0.05, 0.1) is 13.1 Å². The maximum absolute atomic E-state index is 6.33. The lowest BCUT2D eigenvalue weighted by atomic mass is 10.2. The van der Waals surface area contributed by atoms with Crippen molar-refractivity contribution in [2.75, 3.05) is 14.1 Å². The standard InChI is InChI=1S/C19H21ClN4O/c1-23(2)12-15-9-10-17(25-15)19-21-18(13-7-8-13)22-24(19)11-14-5-3-4-6-16(14)20/h3-6,9-10,13H,7-8,11-12H2,1-2H3. The van der Waals surface area contributed by atoms with Gasteiger partial charge in [0.1, 0.15) is 5.76 Å². The first-order valence-electron chi connectivity index (χ1n) is 8.52. The number of rotatable bonds is 6. The average molecular weight is 357 g/mol. The molecule has 1 aliphatic rings. The van der Waals surface area contributed by atoms with E-state index in [9.17, 15) is 0 Å². The van der Waals surface area contributed by atoms with Gasteiger partial charge in [0, 0.05) is 10.9 Å². The minimum atomic E-state index is 0.488. The van der Waals surface area contributed by atoms with Crippen LogP contribution in [0.15, 0.2) is 40.8 Å². The smallest absolute Gasteiger partial charge is 0.194 e. The van der Waals surface area contributed by atoms with Gasteiger partial charge in [-0.3, -0.25) is 0 Å². The van der Waals surface area contributed by atoms with E-state index in [0.717, 1.165) is 40.3 Å². The van der Waals surface area contributed by atoms with Crippen LogP contribution in [0.4, 0.5) is 0 Å². The molecule has 0 atom stereocenters. The molecule has 130 valence electrons. The first-order valence-corrected chi connectivity index (χ1v) is 8.90. The molecule has 4 rings (SSSR count). The van der Waals surface area contributed by atoms with Crippen LogP contribution in [0.5, 0.6) is 0 Å². The summed E-state index contributed by atoms with van der Waals surface area (Å²) in [6.45, 7) is 1.34. The lowest BCUT2D eigenvalue weighted by molar-refractivity contribution is 0.352. The second-order valence-electron chi connectivity index (χ2n) is 6.82. The Balaban J connectivity index is 1.68. The zero-order valence-electron chi connectivity index (χ0n) is 14.4. The molecule has 0 spiro atoms. The predicted molar refractivity (Wildman–Crippen MR) is 97.6 cm³/mol. The van der Waals surface area contributed by atoms with Crippen molar-refractivity contribution in [3.63, 3.8) is 0 Å². The quantitative estimate of drug-likeness (QED) is 0.664. The summed E-state index contributed by atoms with van der Waals surface area (Å²) in [7, 11) is 4.04. The van der Waals surface area contributed by atoms with Gasteiger partial charge in [-0.25, -0.2) is 9.67 Å². The Morgan fingerprint density at radius 2 is 2.00 bits per heavy atom. The Morgan fingerprint density at radius 1 is 1.20 bits per heavy atom. The number of furan rings is 1. The van der Waals surface area contributed by atoms with E-state index in [-0.39, 0.29) is 0 Å². The molecule has 6 heteroatoms. The fraction of sp³-hybridized carbons (Fsp3) is 0.368. The van der Waals surface area contributed by atoms with Crippen molar-refractivity contribution in [2.24, 2.45) is 0 Å². The summed E-state index contributed by atoms with van der Waals surface area (Å²) in [6, 6.07) is 11.8. The zero-order valence-corrected chi connectivity index (χ0v) is 15.2. The molecule has 0 unspecified atom stereocenters. The number of nitrogens with zero attached hydrogens (tertiary/aromatic N) is 4. The molecular formula is C19H21ClN4O. The lowest BCUT2D eigenvalue weighted by Crippen LogP contribution is -2.09. The normalized spacial score (nSPS) is 14.4. The van der Waals surface area contributed by atoms with Crippen LogP contribution in [0.1, 0.15) is 35.9 Å². The molecule has 0 aliphatic heterocycles. The largest absolute Gasteiger partial charge is 0.456 e. The second-order valence-corrected chi connectivity index (χ2v) is 7.23. The third-order valence-electron chi connectivity index (χ3n) is 4.26. The van der Waals surface area contributed by atoms with Crippen LogP contribution in [-0.2, 0) is 13.1 Å². The summed E-state index contributed by atoms with van der Waals surface area (Å²) in [5.41, 5.74) is 1.03. The molecule has 0 saturated heterocycles. The van der Waals surface area contributed by atoms with Gasteiger partial charge in [0.2, 0.25) is 0 Å². The number of hydrogen-bond donors (Lipinski definition) is 0. The van der Waals surface area contributed by atoms with Crippen LogP contribution >= 0.6 is 11.6 Å². The highest BCUT2D eigenvalue weighted by atomic mass is 35.5. The fourth-order valence-corrected chi connectivity index (χ4v) is 3.04. The minimum Gasteiger partial charge on any atom is -0.456 e. The van der Waals surface area contributed by atoms with Crippen molar-refractivity contribution < 1.29 is 4.42 Å². The molecule has 3 aromatic rings. The molecule has 1 fully saturated rings. The summed E-state index contributed by atoms with van der Waals surface area (Å²) in [5.74, 6) is 3.84. The molecule has 1 aromatic carbocycles. The summed E-state index contributed by atoms with van der Waals surface area (Å²) in [5, 5.41) is 5.47. The van der Waals surface area contributed by atoms with E-state index in [1.165, 1.54) is 12.8 Å². The minimum absolute atomic E-state index is 0.488. The van der Waals surface area contributed by atoms with E-state index >= 15 is 0 Å². The second kappa shape index (κ2) is 6.65. The molecule has 0 amide bonds. The third kappa shape index (κ3) is 3.62. The number of benzene rings is 1. The predicted octanol–water partition coefficient (Wildman–Crippen LogP) is 4.18. The monoisotopic (exact) mass is 356 g/mol. The molecule has 0 bridgehead atoms. The Morgan fingerprint density at radius 3 is 2.72 bits per heavy atom. The van der Waals surface area contributed by atoms with E-state index in [4.69, 9.17) is 26.1 Å². The van der Waals surface area contributed by atoms with E-state index in [2.05, 4.69) is 4.90 Å². The molecule has 1 saturated carbocycles. The van der Waals surface area contributed by atoms with Crippen molar-refractivity contribution in [2.45, 2.75) is 31.8 Å².